The van der Waals surface area contributed by atoms with Crippen molar-refractivity contribution in [1.82, 2.24) is 9.97 Å². The molecule has 1 aromatic carbocycles. The second-order valence-electron chi connectivity index (χ2n) is 10.8. The molecule has 2 aromatic heterocycles. The van der Waals surface area contributed by atoms with Crippen LogP contribution in [-0.4, -0.2) is 32.0 Å². The minimum absolute atomic E-state index is 0.0234. The molecule has 1 unspecified atom stereocenters. The predicted molar refractivity (Wildman–Crippen MR) is 150 cm³/mol. The van der Waals surface area contributed by atoms with Gasteiger partial charge >= 0.3 is 13.3 Å². The average Bonchev–Trinajstić information content (AvgIpc) is 2.86. The van der Waals surface area contributed by atoms with Gasteiger partial charge in [-0.25, -0.2) is 4.98 Å². The van der Waals surface area contributed by atoms with Gasteiger partial charge in [-0.3, -0.25) is 9.55 Å². The van der Waals surface area contributed by atoms with Crippen LogP contribution < -0.4 is 5.73 Å². The molecule has 0 saturated heterocycles. The second-order valence-corrected chi connectivity index (χ2v) is 12.6. The number of nitrogen functional groups attached to an aromatic ring is 1. The minimum Gasteiger partial charge on any atom is -0.494 e. The lowest BCUT2D eigenvalue weighted by atomic mass is 9.73. The van der Waals surface area contributed by atoms with E-state index in [9.17, 15) is 13.3 Å². The smallest absolute Gasteiger partial charge is 0.394 e. The Bertz CT molecular complexity index is 1480. The summed E-state index contributed by atoms with van der Waals surface area (Å²) in [5.41, 5.74) is 7.26. The Morgan fingerprint density at radius 2 is 1.92 bits per heavy atom. The topological polar surface area (TPSA) is 119 Å². The van der Waals surface area contributed by atoms with E-state index in [1.807, 2.05) is 25.3 Å². The van der Waals surface area contributed by atoms with Crippen LogP contribution in [0.25, 0.3) is 21.8 Å². The van der Waals surface area contributed by atoms with E-state index >= 15 is 0 Å². The first-order chi connectivity index (χ1) is 18.3. The molecule has 0 radical (unpaired) electrons. The SMILES string of the molecule is CC1=CC(OCCCCCC(F)(F)P(=O)(O)O)=CCC1(C)CCc1cnc2c(N)nc3cc(C)ccc3c2c1. The van der Waals surface area contributed by atoms with Gasteiger partial charge in [0.1, 0.15) is 11.3 Å². The largest absolute Gasteiger partial charge is 0.494 e. The van der Waals surface area contributed by atoms with Crippen LogP contribution in [0.3, 0.4) is 0 Å². The maximum Gasteiger partial charge on any atom is 0.394 e. The highest BCUT2D eigenvalue weighted by atomic mass is 31.2. The lowest BCUT2D eigenvalue weighted by molar-refractivity contribution is 0.0472. The molecule has 1 aliphatic rings. The predicted octanol–water partition coefficient (Wildman–Crippen LogP) is 7.19. The number of ether oxygens (including phenoxy) is 1. The zero-order valence-corrected chi connectivity index (χ0v) is 23.5. The Hall–Kier alpha value is -2.87. The standard InChI is InChI=1S/C29H36F2N3O4P/c1-19-7-8-23-24-17-21(18-33-26(24)27(32)34-25(23)15-19)9-12-28(3)13-10-22(16-20(28)2)38-14-6-4-5-11-29(30,31)39(35,36)37/h7-8,10,15-18H,4-6,9,11-14H2,1-3H3,(H2,32,34)(H2,35,36,37). The van der Waals surface area contributed by atoms with Crippen molar-refractivity contribution in [2.45, 2.75) is 71.4 Å². The van der Waals surface area contributed by atoms with Crippen molar-refractivity contribution in [3.05, 3.63) is 65.1 Å². The number of aryl methyl sites for hydroxylation is 2. The Labute approximate surface area is 227 Å². The van der Waals surface area contributed by atoms with Crippen molar-refractivity contribution in [2.24, 2.45) is 5.41 Å². The van der Waals surface area contributed by atoms with Crippen molar-refractivity contribution in [1.29, 1.82) is 0 Å². The number of fused-ring (bicyclic) bond motifs is 3. The molecule has 0 fully saturated rings. The van der Waals surface area contributed by atoms with Crippen LogP contribution in [0.2, 0.25) is 0 Å². The molecule has 4 N–H and O–H groups in total. The maximum absolute atomic E-state index is 13.4. The molecular weight excluding hydrogens is 523 g/mol. The number of aromatic nitrogens is 2. The highest BCUT2D eigenvalue weighted by Crippen LogP contribution is 2.55. The van der Waals surface area contributed by atoms with E-state index in [0.717, 1.165) is 58.0 Å². The fourth-order valence-corrected chi connectivity index (χ4v) is 5.35. The van der Waals surface area contributed by atoms with Crippen molar-refractivity contribution in [2.75, 3.05) is 12.3 Å². The third-order valence-electron chi connectivity index (χ3n) is 7.72. The maximum atomic E-state index is 13.4. The summed E-state index contributed by atoms with van der Waals surface area (Å²) < 4.78 is 43.4. The van der Waals surface area contributed by atoms with E-state index in [1.54, 1.807) is 0 Å². The summed E-state index contributed by atoms with van der Waals surface area (Å²) in [6.45, 7) is 6.73. The van der Waals surface area contributed by atoms with Gasteiger partial charge in [-0.2, -0.15) is 8.78 Å². The number of unbranched alkanes of at least 4 members (excludes halogenated alkanes) is 2. The highest BCUT2D eigenvalue weighted by Gasteiger charge is 2.47. The average molecular weight is 560 g/mol. The summed E-state index contributed by atoms with van der Waals surface area (Å²) in [6, 6.07) is 8.35. The summed E-state index contributed by atoms with van der Waals surface area (Å²) in [4.78, 5) is 26.6. The van der Waals surface area contributed by atoms with Gasteiger partial charge in [0.05, 0.1) is 12.1 Å². The van der Waals surface area contributed by atoms with Gasteiger partial charge in [0, 0.05) is 23.4 Å². The minimum atomic E-state index is -5.41. The summed E-state index contributed by atoms with van der Waals surface area (Å²) in [6.07, 6.45) is 8.70. The second kappa shape index (κ2) is 11.3. The molecule has 7 nitrogen and oxygen atoms in total. The fraction of sp³-hybridized carbons (Fsp3) is 0.448. The molecule has 2 heterocycles. The van der Waals surface area contributed by atoms with Gasteiger partial charge < -0.3 is 20.3 Å². The fourth-order valence-electron chi connectivity index (χ4n) is 4.90. The first-order valence-corrected chi connectivity index (χ1v) is 14.8. The van der Waals surface area contributed by atoms with Crippen LogP contribution in [0.15, 0.2) is 53.9 Å². The van der Waals surface area contributed by atoms with Gasteiger partial charge in [-0.15, -0.1) is 0 Å². The third-order valence-corrected chi connectivity index (χ3v) is 8.79. The van der Waals surface area contributed by atoms with E-state index in [4.69, 9.17) is 20.3 Å². The normalized spacial score (nSPS) is 18.3. The Kier molecular flexibility index (Phi) is 8.45. The molecule has 4 rings (SSSR count). The van der Waals surface area contributed by atoms with Crippen LogP contribution in [0.1, 0.15) is 63.5 Å². The Morgan fingerprint density at radius 3 is 2.64 bits per heavy atom. The number of hydrogen-bond acceptors (Lipinski definition) is 5. The summed E-state index contributed by atoms with van der Waals surface area (Å²) in [7, 11) is -5.41. The van der Waals surface area contributed by atoms with E-state index in [2.05, 4.69) is 48.1 Å². The molecule has 0 spiro atoms. The quantitative estimate of drug-likeness (QED) is 0.129. The van der Waals surface area contributed by atoms with Crippen molar-refractivity contribution < 1.29 is 27.9 Å². The third kappa shape index (κ3) is 6.65. The van der Waals surface area contributed by atoms with Crippen LogP contribution in [0.5, 0.6) is 0 Å². The van der Waals surface area contributed by atoms with Crippen molar-refractivity contribution in [3.63, 3.8) is 0 Å². The monoisotopic (exact) mass is 559 g/mol. The zero-order valence-electron chi connectivity index (χ0n) is 22.6. The lowest BCUT2D eigenvalue weighted by Gasteiger charge is -2.33. The number of allylic oxidation sites excluding steroid dienone is 3. The number of hydrogen-bond donors (Lipinski definition) is 3. The lowest BCUT2D eigenvalue weighted by Crippen LogP contribution is -2.21. The first kappa shape index (κ1) is 29.1. The van der Waals surface area contributed by atoms with Gasteiger partial charge in [-0.05, 0) is 93.2 Å². The van der Waals surface area contributed by atoms with E-state index in [1.165, 1.54) is 5.57 Å². The zero-order chi connectivity index (χ0) is 28.4. The molecule has 210 valence electrons. The van der Waals surface area contributed by atoms with Crippen LogP contribution in [0.4, 0.5) is 14.6 Å². The number of nitrogens with zero attached hydrogens (tertiary/aromatic N) is 2. The Balaban J connectivity index is 1.32. The number of nitrogens with two attached hydrogens (primary N) is 1. The van der Waals surface area contributed by atoms with Gasteiger partial charge in [0.15, 0.2) is 5.82 Å². The number of anilines is 1. The number of rotatable bonds is 11. The number of alkyl halides is 2. The van der Waals surface area contributed by atoms with Crippen LogP contribution >= 0.6 is 7.60 Å². The molecular formula is C29H36F2N3O4P. The number of halogens is 2. The van der Waals surface area contributed by atoms with Crippen LogP contribution in [0, 0.1) is 12.3 Å². The van der Waals surface area contributed by atoms with Gasteiger partial charge in [0.25, 0.3) is 0 Å². The van der Waals surface area contributed by atoms with Crippen molar-refractivity contribution >= 4 is 35.2 Å². The summed E-state index contributed by atoms with van der Waals surface area (Å²) in [5.74, 6) is 1.20. The van der Waals surface area contributed by atoms with E-state index < -0.39 is 19.7 Å². The molecule has 0 amide bonds. The van der Waals surface area contributed by atoms with E-state index in [0.29, 0.717) is 25.3 Å². The molecule has 10 heteroatoms. The molecule has 39 heavy (non-hydrogen) atoms. The summed E-state index contributed by atoms with van der Waals surface area (Å²) >= 11 is 0. The van der Waals surface area contributed by atoms with E-state index in [-0.39, 0.29) is 11.8 Å². The molecule has 1 aliphatic carbocycles. The highest BCUT2D eigenvalue weighted by molar-refractivity contribution is 7.53. The van der Waals surface area contributed by atoms with Gasteiger partial charge in [0.2, 0.25) is 0 Å². The van der Waals surface area contributed by atoms with Crippen LogP contribution in [-0.2, 0) is 15.7 Å². The molecule has 1 atom stereocenters. The molecule has 0 aliphatic heterocycles. The van der Waals surface area contributed by atoms with Gasteiger partial charge in [-0.1, -0.05) is 24.6 Å². The first-order valence-electron chi connectivity index (χ1n) is 13.2. The summed E-state index contributed by atoms with van der Waals surface area (Å²) in [5, 5.41) is 2.05. The van der Waals surface area contributed by atoms with Crippen molar-refractivity contribution in [3.8, 4) is 0 Å². The molecule has 3 aromatic rings. The number of benzene rings is 1. The number of pyridine rings is 2. The Morgan fingerprint density at radius 1 is 1.15 bits per heavy atom. The molecule has 0 bridgehead atoms. The molecule has 0 saturated carbocycles.